The molecule has 1 amide bonds. The molecular formula is C23H33N3O3. The Bertz CT molecular complexity index is 771. The standard InChI is InChI=1S/C23H33N3O3/c1-6-10-18(11-7-2)12-8-9-14-25-21(17-27)19-16-26(15-13-20(19)24)22(28)29-23(3,4)5/h6-7,10-11,27H,1,9,13-17,24H2,2-5H3/b11-7-,18-10+,25-21?. The van der Waals surface area contributed by atoms with Gasteiger partial charge < -0.3 is 20.5 Å². The number of nitrogens with zero attached hydrogens (tertiary/aromatic N) is 2. The smallest absolute Gasteiger partial charge is 0.410 e. The van der Waals surface area contributed by atoms with Gasteiger partial charge in [0.05, 0.1) is 25.4 Å². The van der Waals surface area contributed by atoms with E-state index in [0.29, 0.717) is 42.9 Å². The summed E-state index contributed by atoms with van der Waals surface area (Å²) in [6, 6.07) is 0. The summed E-state index contributed by atoms with van der Waals surface area (Å²) >= 11 is 0. The van der Waals surface area contributed by atoms with Gasteiger partial charge in [0.15, 0.2) is 0 Å². The van der Waals surface area contributed by atoms with Crippen LogP contribution in [-0.2, 0) is 4.74 Å². The highest BCUT2D eigenvalue weighted by molar-refractivity contribution is 6.02. The Labute approximate surface area is 174 Å². The molecule has 0 atom stereocenters. The third-order valence-electron chi connectivity index (χ3n) is 3.95. The van der Waals surface area contributed by atoms with E-state index < -0.39 is 11.7 Å². The molecule has 0 saturated heterocycles. The number of ether oxygens (including phenoxy) is 1. The maximum atomic E-state index is 12.3. The Hall–Kier alpha value is -2.78. The predicted molar refractivity (Wildman–Crippen MR) is 119 cm³/mol. The summed E-state index contributed by atoms with van der Waals surface area (Å²) in [5, 5.41) is 9.77. The lowest BCUT2D eigenvalue weighted by Crippen LogP contribution is -2.43. The van der Waals surface area contributed by atoms with E-state index in [9.17, 15) is 9.90 Å². The van der Waals surface area contributed by atoms with Crippen LogP contribution in [0.5, 0.6) is 0 Å². The lowest BCUT2D eigenvalue weighted by molar-refractivity contribution is 0.0262. The van der Waals surface area contributed by atoms with Crippen LogP contribution in [0.2, 0.25) is 0 Å². The lowest BCUT2D eigenvalue weighted by Gasteiger charge is -2.32. The average molecular weight is 400 g/mol. The number of hydrogen-bond donors (Lipinski definition) is 2. The quantitative estimate of drug-likeness (QED) is 0.310. The fourth-order valence-corrected chi connectivity index (χ4v) is 2.63. The number of hydrogen-bond acceptors (Lipinski definition) is 5. The molecule has 0 aliphatic carbocycles. The molecule has 1 aliphatic heterocycles. The molecule has 1 rings (SSSR count). The van der Waals surface area contributed by atoms with Gasteiger partial charge >= 0.3 is 6.09 Å². The van der Waals surface area contributed by atoms with E-state index in [0.717, 1.165) is 5.57 Å². The molecule has 6 heteroatoms. The van der Waals surface area contributed by atoms with Crippen molar-refractivity contribution in [1.29, 1.82) is 0 Å². The first-order valence-electron chi connectivity index (χ1n) is 9.76. The largest absolute Gasteiger partial charge is 0.444 e. The van der Waals surface area contributed by atoms with Crippen molar-refractivity contribution in [2.75, 3.05) is 26.2 Å². The topological polar surface area (TPSA) is 88.2 Å². The average Bonchev–Trinajstić information content (AvgIpc) is 2.64. The molecule has 0 aromatic heterocycles. The molecule has 0 fully saturated rings. The van der Waals surface area contributed by atoms with Crippen molar-refractivity contribution in [3.05, 3.63) is 47.7 Å². The zero-order valence-electron chi connectivity index (χ0n) is 18.0. The lowest BCUT2D eigenvalue weighted by atomic mass is 10.0. The van der Waals surface area contributed by atoms with Crippen molar-refractivity contribution in [3.63, 3.8) is 0 Å². The van der Waals surface area contributed by atoms with Crippen molar-refractivity contribution in [3.8, 4) is 11.8 Å². The first-order valence-corrected chi connectivity index (χ1v) is 9.76. The highest BCUT2D eigenvalue weighted by Crippen LogP contribution is 2.19. The van der Waals surface area contributed by atoms with Crippen molar-refractivity contribution in [2.45, 2.75) is 46.1 Å². The van der Waals surface area contributed by atoms with Crippen molar-refractivity contribution >= 4 is 11.8 Å². The molecule has 0 radical (unpaired) electrons. The molecule has 0 aromatic carbocycles. The maximum absolute atomic E-state index is 12.3. The summed E-state index contributed by atoms with van der Waals surface area (Å²) in [6.07, 6.45) is 8.03. The second kappa shape index (κ2) is 11.9. The normalized spacial score (nSPS) is 16.0. The van der Waals surface area contributed by atoms with Gasteiger partial charge in [0.1, 0.15) is 5.60 Å². The number of rotatable bonds is 6. The second-order valence-electron chi connectivity index (χ2n) is 7.55. The molecular weight excluding hydrogens is 366 g/mol. The molecule has 29 heavy (non-hydrogen) atoms. The van der Waals surface area contributed by atoms with Gasteiger partial charge in [-0.2, -0.15) is 0 Å². The van der Waals surface area contributed by atoms with Gasteiger partial charge in [0.25, 0.3) is 0 Å². The van der Waals surface area contributed by atoms with E-state index in [2.05, 4.69) is 23.4 Å². The van der Waals surface area contributed by atoms with E-state index in [1.165, 1.54) is 0 Å². The molecule has 1 aliphatic rings. The Balaban J connectivity index is 2.81. The molecule has 0 saturated carbocycles. The number of aliphatic imine (C=N–C) groups is 1. The van der Waals surface area contributed by atoms with E-state index in [1.54, 1.807) is 11.0 Å². The molecule has 0 aromatic rings. The van der Waals surface area contributed by atoms with Crippen molar-refractivity contribution in [1.82, 2.24) is 4.90 Å². The van der Waals surface area contributed by atoms with Crippen LogP contribution in [0, 0.1) is 11.8 Å². The minimum Gasteiger partial charge on any atom is -0.444 e. The second-order valence-corrected chi connectivity index (χ2v) is 7.55. The van der Waals surface area contributed by atoms with Crippen LogP contribution >= 0.6 is 0 Å². The fraction of sp³-hybridized carbons (Fsp3) is 0.478. The highest BCUT2D eigenvalue weighted by atomic mass is 16.6. The van der Waals surface area contributed by atoms with E-state index in [-0.39, 0.29) is 13.2 Å². The molecule has 0 spiro atoms. The minimum atomic E-state index is -0.567. The number of allylic oxidation sites excluding steroid dienone is 5. The first-order chi connectivity index (χ1) is 13.7. The van der Waals surface area contributed by atoms with Crippen molar-refractivity contribution in [2.24, 2.45) is 10.7 Å². The van der Waals surface area contributed by atoms with Crippen LogP contribution in [0.15, 0.2) is 52.7 Å². The summed E-state index contributed by atoms with van der Waals surface area (Å²) in [6.45, 7) is 12.0. The third-order valence-corrected chi connectivity index (χ3v) is 3.95. The summed E-state index contributed by atoms with van der Waals surface area (Å²) in [7, 11) is 0. The molecule has 0 unspecified atom stereocenters. The monoisotopic (exact) mass is 399 g/mol. The number of carbonyl (C=O) groups excluding carboxylic acids is 1. The van der Waals surface area contributed by atoms with E-state index in [1.807, 2.05) is 45.9 Å². The SMILES string of the molecule is C=C/C=C(C#CCCN=C(CO)C1=C(N)CCN(C(=O)OC(C)(C)C)C1)\C=C/C. The Morgan fingerprint density at radius 3 is 2.76 bits per heavy atom. The number of carbonyl (C=O) groups is 1. The summed E-state index contributed by atoms with van der Waals surface area (Å²) in [4.78, 5) is 18.4. The van der Waals surface area contributed by atoms with E-state index >= 15 is 0 Å². The van der Waals surface area contributed by atoms with Crippen LogP contribution < -0.4 is 5.73 Å². The summed E-state index contributed by atoms with van der Waals surface area (Å²) in [5.41, 5.74) is 8.28. The molecule has 1 heterocycles. The van der Waals surface area contributed by atoms with Crippen molar-refractivity contribution < 1.29 is 14.6 Å². The van der Waals surface area contributed by atoms with Crippen LogP contribution in [0.3, 0.4) is 0 Å². The van der Waals surface area contributed by atoms with Gasteiger partial charge in [-0.1, -0.05) is 36.6 Å². The molecule has 3 N–H and O–H groups in total. The summed E-state index contributed by atoms with van der Waals surface area (Å²) in [5.74, 6) is 6.12. The maximum Gasteiger partial charge on any atom is 0.410 e. The van der Waals surface area contributed by atoms with Gasteiger partial charge in [-0.3, -0.25) is 4.99 Å². The van der Waals surface area contributed by atoms with Gasteiger partial charge in [0.2, 0.25) is 0 Å². The minimum absolute atomic E-state index is 0.244. The van der Waals surface area contributed by atoms with Crippen LogP contribution in [0.25, 0.3) is 0 Å². The van der Waals surface area contributed by atoms with Gasteiger partial charge in [0, 0.05) is 36.2 Å². The molecule has 6 nitrogen and oxygen atoms in total. The van der Waals surface area contributed by atoms with Gasteiger partial charge in [-0.05, 0) is 33.8 Å². The number of aliphatic hydroxyl groups excluding tert-OH is 1. The van der Waals surface area contributed by atoms with Crippen LogP contribution in [-0.4, -0.2) is 53.7 Å². The Morgan fingerprint density at radius 1 is 1.45 bits per heavy atom. The number of nitrogens with two attached hydrogens (primary N) is 1. The van der Waals surface area contributed by atoms with Gasteiger partial charge in [-0.15, -0.1) is 0 Å². The number of amides is 1. The summed E-state index contributed by atoms with van der Waals surface area (Å²) < 4.78 is 5.43. The number of aliphatic hydroxyl groups is 1. The van der Waals surface area contributed by atoms with E-state index in [4.69, 9.17) is 10.5 Å². The zero-order chi connectivity index (χ0) is 21.9. The highest BCUT2D eigenvalue weighted by Gasteiger charge is 2.27. The third kappa shape index (κ3) is 8.84. The molecule has 0 bridgehead atoms. The first kappa shape index (κ1) is 24.3. The Kier molecular flexibility index (Phi) is 9.98. The predicted octanol–water partition coefficient (Wildman–Crippen LogP) is 3.36. The van der Waals surface area contributed by atoms with Crippen LogP contribution in [0.1, 0.15) is 40.5 Å². The van der Waals surface area contributed by atoms with Crippen LogP contribution in [0.4, 0.5) is 4.79 Å². The van der Waals surface area contributed by atoms with Gasteiger partial charge in [-0.25, -0.2) is 4.79 Å². The zero-order valence-corrected chi connectivity index (χ0v) is 18.0. The molecule has 158 valence electrons. The fourth-order valence-electron chi connectivity index (χ4n) is 2.63. The Morgan fingerprint density at radius 2 is 2.17 bits per heavy atom.